The molecule has 0 saturated heterocycles. The Morgan fingerprint density at radius 2 is 1.66 bits per heavy atom. The number of hydrogen-bond acceptors (Lipinski definition) is 7. The minimum atomic E-state index is -0.358. The SMILES string of the molecule is Cc1nnc(-c2ccc(CC(=O)NC(C)(C)CCOC(C)(C)CCN)cc2)nn1. The number of ether oxygens (including phenoxy) is 1. The van der Waals surface area contributed by atoms with Crippen LogP contribution in [0.25, 0.3) is 11.4 Å². The zero-order chi connectivity index (χ0) is 21.5. The lowest BCUT2D eigenvalue weighted by Gasteiger charge is -2.30. The Balaban J connectivity index is 1.85. The summed E-state index contributed by atoms with van der Waals surface area (Å²) in [7, 11) is 0. The highest BCUT2D eigenvalue weighted by molar-refractivity contribution is 5.79. The van der Waals surface area contributed by atoms with Crippen LogP contribution < -0.4 is 11.1 Å². The summed E-state index contributed by atoms with van der Waals surface area (Å²) in [5.41, 5.74) is 6.73. The van der Waals surface area contributed by atoms with Crippen LogP contribution in [0.2, 0.25) is 0 Å². The van der Waals surface area contributed by atoms with Crippen LogP contribution in [0.15, 0.2) is 24.3 Å². The van der Waals surface area contributed by atoms with E-state index < -0.39 is 0 Å². The van der Waals surface area contributed by atoms with E-state index in [0.717, 1.165) is 24.0 Å². The normalized spacial score (nSPS) is 12.1. The van der Waals surface area contributed by atoms with Crippen molar-refractivity contribution in [3.63, 3.8) is 0 Å². The van der Waals surface area contributed by atoms with E-state index in [2.05, 4.69) is 25.7 Å². The Hall–Kier alpha value is -2.45. The molecule has 0 aliphatic carbocycles. The number of amides is 1. The predicted molar refractivity (Wildman–Crippen MR) is 112 cm³/mol. The first-order valence-electron chi connectivity index (χ1n) is 9.89. The molecule has 0 saturated carbocycles. The van der Waals surface area contributed by atoms with Crippen LogP contribution in [0.3, 0.4) is 0 Å². The second-order valence-electron chi connectivity index (χ2n) is 8.47. The molecular formula is C21H32N6O2. The summed E-state index contributed by atoms with van der Waals surface area (Å²) in [6.07, 6.45) is 1.82. The summed E-state index contributed by atoms with van der Waals surface area (Å²) in [4.78, 5) is 12.5. The smallest absolute Gasteiger partial charge is 0.224 e. The summed E-state index contributed by atoms with van der Waals surface area (Å²) in [5.74, 6) is 0.960. The molecule has 8 heteroatoms. The molecule has 1 heterocycles. The topological polar surface area (TPSA) is 116 Å². The van der Waals surface area contributed by atoms with Crippen molar-refractivity contribution >= 4 is 5.91 Å². The van der Waals surface area contributed by atoms with Gasteiger partial charge >= 0.3 is 0 Å². The van der Waals surface area contributed by atoms with Crippen molar-refractivity contribution in [2.75, 3.05) is 13.2 Å². The van der Waals surface area contributed by atoms with E-state index in [9.17, 15) is 4.79 Å². The van der Waals surface area contributed by atoms with Crippen LogP contribution in [0.5, 0.6) is 0 Å². The molecular weight excluding hydrogens is 368 g/mol. The molecule has 0 radical (unpaired) electrons. The molecule has 29 heavy (non-hydrogen) atoms. The van der Waals surface area contributed by atoms with Crippen molar-refractivity contribution in [2.45, 2.75) is 65.0 Å². The fraction of sp³-hybridized carbons (Fsp3) is 0.571. The third-order valence-electron chi connectivity index (χ3n) is 4.60. The van der Waals surface area contributed by atoms with E-state index in [1.54, 1.807) is 6.92 Å². The van der Waals surface area contributed by atoms with Gasteiger partial charge in [0.05, 0.1) is 12.0 Å². The van der Waals surface area contributed by atoms with Crippen LogP contribution >= 0.6 is 0 Å². The Bertz CT molecular complexity index is 788. The first-order valence-corrected chi connectivity index (χ1v) is 9.89. The quantitative estimate of drug-likeness (QED) is 0.628. The fourth-order valence-electron chi connectivity index (χ4n) is 2.84. The minimum Gasteiger partial charge on any atom is -0.375 e. The van der Waals surface area contributed by atoms with Crippen molar-refractivity contribution < 1.29 is 9.53 Å². The van der Waals surface area contributed by atoms with Crippen LogP contribution in [0.4, 0.5) is 0 Å². The average molecular weight is 401 g/mol. The zero-order valence-corrected chi connectivity index (χ0v) is 18.0. The first kappa shape index (κ1) is 22.8. The monoisotopic (exact) mass is 400 g/mol. The van der Waals surface area contributed by atoms with Crippen LogP contribution in [-0.4, -0.2) is 50.6 Å². The molecule has 0 atom stereocenters. The van der Waals surface area contributed by atoms with Crippen molar-refractivity contribution in [1.29, 1.82) is 0 Å². The van der Waals surface area contributed by atoms with E-state index in [0.29, 0.717) is 31.2 Å². The molecule has 0 aliphatic heterocycles. The summed E-state index contributed by atoms with van der Waals surface area (Å²) >= 11 is 0. The second-order valence-corrected chi connectivity index (χ2v) is 8.47. The fourth-order valence-corrected chi connectivity index (χ4v) is 2.84. The molecule has 158 valence electrons. The highest BCUT2D eigenvalue weighted by atomic mass is 16.5. The second kappa shape index (κ2) is 9.84. The van der Waals surface area contributed by atoms with Crippen LogP contribution in [0.1, 0.15) is 51.9 Å². The Kier molecular flexibility index (Phi) is 7.75. The number of rotatable bonds is 10. The molecule has 1 aromatic carbocycles. The molecule has 2 aromatic rings. The van der Waals surface area contributed by atoms with E-state index >= 15 is 0 Å². The van der Waals surface area contributed by atoms with Gasteiger partial charge in [-0.3, -0.25) is 4.79 Å². The van der Waals surface area contributed by atoms with E-state index in [1.165, 1.54) is 0 Å². The highest BCUT2D eigenvalue weighted by Crippen LogP contribution is 2.17. The molecule has 8 nitrogen and oxygen atoms in total. The lowest BCUT2D eigenvalue weighted by atomic mass is 9.99. The van der Waals surface area contributed by atoms with E-state index in [4.69, 9.17) is 10.5 Å². The van der Waals surface area contributed by atoms with Crippen LogP contribution in [0, 0.1) is 6.92 Å². The van der Waals surface area contributed by atoms with Gasteiger partial charge in [0, 0.05) is 17.7 Å². The van der Waals surface area contributed by atoms with Gasteiger partial charge < -0.3 is 15.8 Å². The number of carbonyl (C=O) groups is 1. The highest BCUT2D eigenvalue weighted by Gasteiger charge is 2.23. The van der Waals surface area contributed by atoms with Gasteiger partial charge in [0.15, 0.2) is 5.82 Å². The number of aromatic nitrogens is 4. The molecule has 0 spiro atoms. The van der Waals surface area contributed by atoms with Gasteiger partial charge in [0.2, 0.25) is 11.7 Å². The van der Waals surface area contributed by atoms with E-state index in [1.807, 2.05) is 52.0 Å². The summed E-state index contributed by atoms with van der Waals surface area (Å²) in [6.45, 7) is 11.0. The Labute approximate surface area is 172 Å². The number of nitrogens with two attached hydrogens (primary N) is 1. The molecule has 3 N–H and O–H groups in total. The lowest BCUT2D eigenvalue weighted by molar-refractivity contribution is -0.122. The number of nitrogens with one attached hydrogen (secondary N) is 1. The van der Waals surface area contributed by atoms with Crippen molar-refractivity contribution in [2.24, 2.45) is 5.73 Å². The third-order valence-corrected chi connectivity index (χ3v) is 4.60. The number of hydrogen-bond donors (Lipinski definition) is 2. The summed E-state index contributed by atoms with van der Waals surface area (Å²) < 4.78 is 5.91. The summed E-state index contributed by atoms with van der Waals surface area (Å²) in [6, 6.07) is 7.53. The van der Waals surface area contributed by atoms with Gasteiger partial charge in [-0.2, -0.15) is 0 Å². The molecule has 0 aliphatic rings. The number of carbonyl (C=O) groups excluding carboxylic acids is 1. The van der Waals surface area contributed by atoms with Crippen molar-refractivity contribution in [3.05, 3.63) is 35.7 Å². The van der Waals surface area contributed by atoms with E-state index in [-0.39, 0.29) is 17.0 Å². The zero-order valence-electron chi connectivity index (χ0n) is 18.0. The predicted octanol–water partition coefficient (Wildman–Crippen LogP) is 2.21. The molecule has 0 fully saturated rings. The van der Waals surface area contributed by atoms with Crippen molar-refractivity contribution in [3.8, 4) is 11.4 Å². The first-order chi connectivity index (χ1) is 13.6. The Morgan fingerprint density at radius 3 is 2.24 bits per heavy atom. The molecule has 1 aromatic heterocycles. The maximum Gasteiger partial charge on any atom is 0.224 e. The van der Waals surface area contributed by atoms with Gasteiger partial charge in [0.25, 0.3) is 0 Å². The van der Waals surface area contributed by atoms with Gasteiger partial charge in [-0.05, 0) is 59.6 Å². The average Bonchev–Trinajstić information content (AvgIpc) is 2.62. The largest absolute Gasteiger partial charge is 0.375 e. The maximum atomic E-state index is 12.5. The minimum absolute atomic E-state index is 0.0288. The third kappa shape index (κ3) is 7.83. The van der Waals surface area contributed by atoms with Crippen molar-refractivity contribution in [1.82, 2.24) is 25.7 Å². The molecule has 2 rings (SSSR count). The maximum absolute atomic E-state index is 12.5. The molecule has 1 amide bonds. The van der Waals surface area contributed by atoms with Crippen LogP contribution in [-0.2, 0) is 16.0 Å². The molecule has 0 unspecified atom stereocenters. The van der Waals surface area contributed by atoms with Gasteiger partial charge in [-0.1, -0.05) is 24.3 Å². The standard InChI is InChI=1S/C21H32N6O2/c1-15-24-26-19(27-25-15)17-8-6-16(7-9-17)14-18(28)23-20(2,3)11-13-29-21(4,5)10-12-22/h6-9H,10-14,22H2,1-5H3,(H,23,28). The number of benzene rings is 1. The summed E-state index contributed by atoms with van der Waals surface area (Å²) in [5, 5.41) is 19.0. The van der Waals surface area contributed by atoms with Gasteiger partial charge in [0.1, 0.15) is 0 Å². The Morgan fingerprint density at radius 1 is 1.03 bits per heavy atom. The molecule has 0 bridgehead atoms. The van der Waals surface area contributed by atoms with Gasteiger partial charge in [-0.25, -0.2) is 0 Å². The van der Waals surface area contributed by atoms with Gasteiger partial charge in [-0.15, -0.1) is 20.4 Å². The number of aryl methyl sites for hydroxylation is 1. The number of nitrogens with zero attached hydrogens (tertiary/aromatic N) is 4. The lowest BCUT2D eigenvalue weighted by Crippen LogP contribution is -2.45.